The van der Waals surface area contributed by atoms with Gasteiger partial charge in [0.15, 0.2) is 0 Å². The molecule has 148 valence electrons. The van der Waals surface area contributed by atoms with Gasteiger partial charge >= 0.3 is 5.97 Å². The third-order valence-electron chi connectivity index (χ3n) is 3.72. The lowest BCUT2D eigenvalue weighted by Gasteiger charge is -2.17. The first-order valence-corrected chi connectivity index (χ1v) is 10.4. The van der Waals surface area contributed by atoms with E-state index in [9.17, 15) is 18.3 Å². The van der Waals surface area contributed by atoms with Crippen LogP contribution < -0.4 is 10.0 Å². The standard InChI is InChI=1S/C18H30N2O5S/c1-5-7-14(4)20-17-9-8-15(12-16(17)18(21)22)26(23,24)19-10-6-11-25-13(2)3/h8-9,12-14,19-20H,5-7,10-11H2,1-4H3,(H,21,22). The summed E-state index contributed by atoms with van der Waals surface area (Å²) < 4.78 is 32.6. The van der Waals surface area contributed by atoms with Gasteiger partial charge in [0.1, 0.15) is 0 Å². The molecule has 0 aliphatic heterocycles. The Kier molecular flexibility index (Phi) is 9.04. The molecule has 0 saturated carbocycles. The van der Waals surface area contributed by atoms with Crippen molar-refractivity contribution in [3.8, 4) is 0 Å². The van der Waals surface area contributed by atoms with Crippen molar-refractivity contribution < 1.29 is 23.1 Å². The van der Waals surface area contributed by atoms with Crippen molar-refractivity contribution in [2.45, 2.75) is 64.0 Å². The molecule has 1 rings (SSSR count). The van der Waals surface area contributed by atoms with E-state index in [0.29, 0.717) is 18.7 Å². The molecule has 0 aliphatic carbocycles. The summed E-state index contributed by atoms with van der Waals surface area (Å²) in [5.41, 5.74) is 0.363. The van der Waals surface area contributed by atoms with Crippen LogP contribution in [0.3, 0.4) is 0 Å². The summed E-state index contributed by atoms with van der Waals surface area (Å²) in [7, 11) is -3.77. The van der Waals surface area contributed by atoms with E-state index in [4.69, 9.17) is 4.74 Å². The number of carboxylic acid groups (broad SMARTS) is 1. The van der Waals surface area contributed by atoms with Crippen LogP contribution >= 0.6 is 0 Å². The van der Waals surface area contributed by atoms with Crippen LogP contribution in [0.2, 0.25) is 0 Å². The smallest absolute Gasteiger partial charge is 0.337 e. The van der Waals surface area contributed by atoms with Gasteiger partial charge in [0.05, 0.1) is 16.6 Å². The number of hydrogen-bond donors (Lipinski definition) is 3. The molecule has 0 spiro atoms. The number of ether oxygens (including phenoxy) is 1. The topological polar surface area (TPSA) is 105 Å². The number of hydrogen-bond acceptors (Lipinski definition) is 5. The van der Waals surface area contributed by atoms with E-state index in [2.05, 4.69) is 10.0 Å². The van der Waals surface area contributed by atoms with E-state index < -0.39 is 16.0 Å². The average molecular weight is 387 g/mol. The van der Waals surface area contributed by atoms with Gasteiger partial charge in [-0.05, 0) is 51.8 Å². The van der Waals surface area contributed by atoms with Crippen molar-refractivity contribution in [1.82, 2.24) is 4.72 Å². The average Bonchev–Trinajstić information content (AvgIpc) is 2.54. The van der Waals surface area contributed by atoms with Crippen molar-refractivity contribution >= 4 is 21.7 Å². The lowest BCUT2D eigenvalue weighted by molar-refractivity contribution is 0.0697. The van der Waals surface area contributed by atoms with Crippen molar-refractivity contribution in [3.05, 3.63) is 23.8 Å². The molecule has 3 N–H and O–H groups in total. The molecule has 7 nitrogen and oxygen atoms in total. The molecule has 0 heterocycles. The molecule has 1 unspecified atom stereocenters. The SMILES string of the molecule is CCCC(C)Nc1ccc(S(=O)(=O)NCCCOC(C)C)cc1C(=O)O. The molecule has 1 atom stereocenters. The van der Waals surface area contributed by atoms with Crippen LogP contribution in [0.25, 0.3) is 0 Å². The van der Waals surface area contributed by atoms with Crippen LogP contribution in [0.1, 0.15) is 57.3 Å². The number of carbonyl (C=O) groups is 1. The summed E-state index contributed by atoms with van der Waals surface area (Å²) >= 11 is 0. The highest BCUT2D eigenvalue weighted by Crippen LogP contribution is 2.22. The lowest BCUT2D eigenvalue weighted by atomic mass is 10.1. The monoisotopic (exact) mass is 386 g/mol. The minimum Gasteiger partial charge on any atom is -0.478 e. The largest absolute Gasteiger partial charge is 0.478 e. The second-order valence-corrected chi connectivity index (χ2v) is 8.28. The summed E-state index contributed by atoms with van der Waals surface area (Å²) in [6.45, 7) is 8.51. The number of aromatic carboxylic acids is 1. The number of anilines is 1. The maximum Gasteiger partial charge on any atom is 0.337 e. The molecule has 0 aromatic heterocycles. The molecule has 26 heavy (non-hydrogen) atoms. The Bertz CT molecular complexity index is 689. The summed E-state index contributed by atoms with van der Waals surface area (Å²) in [6, 6.07) is 4.21. The quantitative estimate of drug-likeness (QED) is 0.477. The Morgan fingerprint density at radius 3 is 2.54 bits per heavy atom. The van der Waals surface area contributed by atoms with Crippen LogP contribution in [0, 0.1) is 0 Å². The van der Waals surface area contributed by atoms with Crippen molar-refractivity contribution in [1.29, 1.82) is 0 Å². The Morgan fingerprint density at radius 1 is 1.27 bits per heavy atom. The van der Waals surface area contributed by atoms with Crippen LogP contribution in [0.4, 0.5) is 5.69 Å². The number of nitrogens with one attached hydrogen (secondary N) is 2. The van der Waals surface area contributed by atoms with Gasteiger partial charge in [-0.2, -0.15) is 0 Å². The van der Waals surface area contributed by atoms with Crippen molar-refractivity contribution in [2.75, 3.05) is 18.5 Å². The second-order valence-electron chi connectivity index (χ2n) is 6.52. The van der Waals surface area contributed by atoms with E-state index in [1.54, 1.807) is 0 Å². The van der Waals surface area contributed by atoms with E-state index in [1.807, 2.05) is 27.7 Å². The van der Waals surface area contributed by atoms with Gasteiger partial charge in [0.25, 0.3) is 0 Å². The highest BCUT2D eigenvalue weighted by molar-refractivity contribution is 7.89. The summed E-state index contributed by atoms with van der Waals surface area (Å²) in [5.74, 6) is -1.17. The summed E-state index contributed by atoms with van der Waals surface area (Å²) in [6.07, 6.45) is 2.49. The van der Waals surface area contributed by atoms with Crippen molar-refractivity contribution in [2.24, 2.45) is 0 Å². The Labute approximate surface area is 156 Å². The van der Waals surface area contributed by atoms with Gasteiger partial charge < -0.3 is 15.2 Å². The van der Waals surface area contributed by atoms with E-state index in [1.165, 1.54) is 18.2 Å². The lowest BCUT2D eigenvalue weighted by Crippen LogP contribution is -2.26. The summed E-state index contributed by atoms with van der Waals surface area (Å²) in [4.78, 5) is 11.5. The molecule has 0 amide bonds. The van der Waals surface area contributed by atoms with Crippen molar-refractivity contribution in [3.63, 3.8) is 0 Å². The minimum absolute atomic E-state index is 0.0565. The third kappa shape index (κ3) is 7.31. The maximum atomic E-state index is 12.4. The maximum absolute atomic E-state index is 12.4. The molecular weight excluding hydrogens is 356 g/mol. The normalized spacial score (nSPS) is 13.0. The molecule has 1 aromatic carbocycles. The van der Waals surface area contributed by atoms with E-state index >= 15 is 0 Å². The number of rotatable bonds is 12. The molecule has 0 fully saturated rings. The fourth-order valence-electron chi connectivity index (χ4n) is 2.45. The molecular formula is C18H30N2O5S. The zero-order valence-corrected chi connectivity index (χ0v) is 16.7. The van der Waals surface area contributed by atoms with Gasteiger partial charge in [-0.15, -0.1) is 0 Å². The minimum atomic E-state index is -3.77. The van der Waals surface area contributed by atoms with Gasteiger partial charge in [-0.1, -0.05) is 13.3 Å². The van der Waals surface area contributed by atoms with E-state index in [-0.39, 0.29) is 29.1 Å². The zero-order chi connectivity index (χ0) is 19.7. The number of benzene rings is 1. The number of carboxylic acids is 1. The predicted octanol–water partition coefficient (Wildman–Crippen LogP) is 3.08. The van der Waals surface area contributed by atoms with Crippen LogP contribution in [0.15, 0.2) is 23.1 Å². The first kappa shape index (κ1) is 22.4. The van der Waals surface area contributed by atoms with Gasteiger partial charge in [0, 0.05) is 24.9 Å². The fraction of sp³-hybridized carbons (Fsp3) is 0.611. The van der Waals surface area contributed by atoms with Crippen LogP contribution in [-0.4, -0.2) is 44.8 Å². The predicted molar refractivity (Wildman–Crippen MR) is 102 cm³/mol. The van der Waals surface area contributed by atoms with Gasteiger partial charge in [0.2, 0.25) is 10.0 Å². The van der Waals surface area contributed by atoms with Crippen LogP contribution in [0.5, 0.6) is 0 Å². The Hall–Kier alpha value is -1.64. The summed E-state index contributed by atoms with van der Waals surface area (Å²) in [5, 5.41) is 12.6. The zero-order valence-electron chi connectivity index (χ0n) is 15.9. The second kappa shape index (κ2) is 10.5. The molecule has 0 bridgehead atoms. The van der Waals surface area contributed by atoms with Crippen LogP contribution in [-0.2, 0) is 14.8 Å². The van der Waals surface area contributed by atoms with Gasteiger partial charge in [-0.3, -0.25) is 0 Å². The first-order chi connectivity index (χ1) is 12.2. The Morgan fingerprint density at radius 2 is 1.96 bits per heavy atom. The highest BCUT2D eigenvalue weighted by atomic mass is 32.2. The highest BCUT2D eigenvalue weighted by Gasteiger charge is 2.19. The molecule has 0 saturated heterocycles. The Balaban J connectivity index is 2.85. The first-order valence-electron chi connectivity index (χ1n) is 8.92. The fourth-order valence-corrected chi connectivity index (χ4v) is 3.54. The third-order valence-corrected chi connectivity index (χ3v) is 5.18. The van der Waals surface area contributed by atoms with Gasteiger partial charge in [-0.25, -0.2) is 17.9 Å². The number of sulfonamides is 1. The molecule has 0 radical (unpaired) electrons. The molecule has 1 aromatic rings. The molecule has 8 heteroatoms. The molecule has 0 aliphatic rings. The van der Waals surface area contributed by atoms with E-state index in [0.717, 1.165) is 12.8 Å².